The Hall–Kier alpha value is -3.23. The second-order valence-corrected chi connectivity index (χ2v) is 16.7. The van der Waals surface area contributed by atoms with Crippen molar-refractivity contribution < 1.29 is 38.2 Å². The van der Waals surface area contributed by atoms with Gasteiger partial charge in [0.1, 0.15) is 6.61 Å². The summed E-state index contributed by atoms with van der Waals surface area (Å²) in [5, 5.41) is 9.63. The molecule has 0 aromatic carbocycles. The third-order valence-electron chi connectivity index (χ3n) is 10.2. The number of aliphatic carboxylic acids is 1. The third kappa shape index (κ3) is 40.0. The van der Waals surface area contributed by atoms with Gasteiger partial charge in [-0.25, -0.2) is 4.79 Å². The standard InChI is InChI=1S/C51H87NO7/c1-6-8-10-12-14-16-18-20-22-23-24-25-26-28-29-31-33-35-37-39-41-49(53)58-46-47(45-57-44-43-48(51(55)56)52(3,4)5)59-50(54)42-40-38-36-34-32-30-27-21-19-17-15-13-11-9-7-2/h9,11,13,15-22,27,47-48H,6-8,10,12,14,23-26,28-46H2,1-5H3/p+1/b11-9+,15-13+,18-16+,19-17+,22-20+,27-21+. The number of quaternary nitrogens is 1. The van der Waals surface area contributed by atoms with Crippen LogP contribution in [0, 0.1) is 0 Å². The number of carbonyl (C=O) groups is 3. The van der Waals surface area contributed by atoms with Crippen LogP contribution >= 0.6 is 0 Å². The molecule has 0 aromatic rings. The van der Waals surface area contributed by atoms with Crippen LogP contribution in [0.5, 0.6) is 0 Å². The number of carboxylic acids is 1. The number of hydrogen-bond donors (Lipinski definition) is 1. The maximum Gasteiger partial charge on any atom is 0.362 e. The summed E-state index contributed by atoms with van der Waals surface area (Å²) in [6.45, 7) is 4.55. The lowest BCUT2D eigenvalue weighted by atomic mass is 10.1. The average Bonchev–Trinajstić information content (AvgIpc) is 3.19. The molecule has 0 heterocycles. The number of allylic oxidation sites excluding steroid dienone is 12. The fraction of sp³-hybridized carbons (Fsp3) is 0.706. The van der Waals surface area contributed by atoms with Gasteiger partial charge in [0.25, 0.3) is 0 Å². The second-order valence-electron chi connectivity index (χ2n) is 16.7. The summed E-state index contributed by atoms with van der Waals surface area (Å²) < 4.78 is 17.3. The van der Waals surface area contributed by atoms with E-state index < -0.39 is 18.1 Å². The molecule has 0 aliphatic heterocycles. The van der Waals surface area contributed by atoms with Crippen LogP contribution in [0.15, 0.2) is 72.9 Å². The molecule has 0 aliphatic carbocycles. The summed E-state index contributed by atoms with van der Waals surface area (Å²) in [6.07, 6.45) is 52.3. The van der Waals surface area contributed by atoms with E-state index in [9.17, 15) is 19.5 Å². The SMILES string of the molecule is CC/C=C/C=C/C=C/C=C/CCCCCCCC(=O)OC(COCCC(C(=O)O)[N+](C)(C)C)COC(=O)CCCCCCCCCCCC/C=C/C=C/CCCCCC. The van der Waals surface area contributed by atoms with Crippen molar-refractivity contribution in [1.82, 2.24) is 0 Å². The lowest BCUT2D eigenvalue weighted by Gasteiger charge is -2.31. The predicted octanol–water partition coefficient (Wildman–Crippen LogP) is 13.1. The second kappa shape index (κ2) is 41.5. The van der Waals surface area contributed by atoms with Crippen LogP contribution in [0.25, 0.3) is 0 Å². The molecule has 2 atom stereocenters. The van der Waals surface area contributed by atoms with Crippen LogP contribution in [-0.2, 0) is 28.6 Å². The summed E-state index contributed by atoms with van der Waals surface area (Å²) in [6, 6.07) is -0.623. The van der Waals surface area contributed by atoms with E-state index in [1.807, 2.05) is 45.4 Å². The van der Waals surface area contributed by atoms with E-state index in [4.69, 9.17) is 14.2 Å². The summed E-state index contributed by atoms with van der Waals surface area (Å²) in [7, 11) is 5.51. The molecule has 8 heteroatoms. The minimum atomic E-state index is -0.882. The monoisotopic (exact) mass is 827 g/mol. The fourth-order valence-corrected chi connectivity index (χ4v) is 6.56. The van der Waals surface area contributed by atoms with E-state index in [1.54, 1.807) is 0 Å². The molecule has 0 fully saturated rings. The Morgan fingerprint density at radius 2 is 0.949 bits per heavy atom. The van der Waals surface area contributed by atoms with Gasteiger partial charge in [-0.3, -0.25) is 9.59 Å². The predicted molar refractivity (Wildman–Crippen MR) is 247 cm³/mol. The van der Waals surface area contributed by atoms with E-state index in [2.05, 4.69) is 62.5 Å². The largest absolute Gasteiger partial charge is 0.477 e. The van der Waals surface area contributed by atoms with Gasteiger partial charge in [-0.05, 0) is 57.8 Å². The van der Waals surface area contributed by atoms with Gasteiger partial charge in [-0.2, -0.15) is 0 Å². The van der Waals surface area contributed by atoms with E-state index in [1.165, 1.54) is 83.5 Å². The highest BCUT2D eigenvalue weighted by molar-refractivity contribution is 5.72. The first-order chi connectivity index (χ1) is 28.6. The topological polar surface area (TPSA) is 99.1 Å². The molecule has 0 amide bonds. The molecule has 0 aromatic heterocycles. The molecule has 0 saturated heterocycles. The molecule has 0 bridgehead atoms. The molecule has 338 valence electrons. The summed E-state index contributed by atoms with van der Waals surface area (Å²) >= 11 is 0. The maximum atomic E-state index is 12.7. The highest BCUT2D eigenvalue weighted by Crippen LogP contribution is 2.14. The van der Waals surface area contributed by atoms with Crippen molar-refractivity contribution >= 4 is 17.9 Å². The zero-order valence-electron chi connectivity index (χ0n) is 38.4. The zero-order valence-corrected chi connectivity index (χ0v) is 38.4. The average molecular weight is 827 g/mol. The minimum absolute atomic E-state index is 0.0470. The minimum Gasteiger partial charge on any atom is -0.477 e. The Labute approximate surface area is 361 Å². The number of carboxylic acid groups (broad SMARTS) is 1. The summed E-state index contributed by atoms with van der Waals surface area (Å²) in [5.41, 5.74) is 0. The van der Waals surface area contributed by atoms with E-state index in [0.29, 0.717) is 19.3 Å². The molecule has 2 unspecified atom stereocenters. The molecular weight excluding hydrogens is 739 g/mol. The summed E-state index contributed by atoms with van der Waals surface area (Å²) in [5.74, 6) is -1.51. The smallest absolute Gasteiger partial charge is 0.362 e. The van der Waals surface area contributed by atoms with Crippen LogP contribution in [-0.4, -0.2) is 80.6 Å². The van der Waals surface area contributed by atoms with Crippen LogP contribution in [0.1, 0.15) is 181 Å². The lowest BCUT2D eigenvalue weighted by molar-refractivity contribution is -0.887. The van der Waals surface area contributed by atoms with E-state index in [0.717, 1.165) is 64.2 Å². The molecule has 0 rings (SSSR count). The van der Waals surface area contributed by atoms with Gasteiger partial charge in [0.2, 0.25) is 0 Å². The van der Waals surface area contributed by atoms with Gasteiger partial charge in [-0.1, -0.05) is 177 Å². The van der Waals surface area contributed by atoms with Gasteiger partial charge < -0.3 is 23.8 Å². The Bertz CT molecular complexity index is 1190. The molecular formula is C51H88NO7+. The molecule has 59 heavy (non-hydrogen) atoms. The molecule has 0 aliphatic rings. The number of rotatable bonds is 41. The quantitative estimate of drug-likeness (QED) is 0.0284. The number of likely N-dealkylation sites (N-methyl/N-ethyl adjacent to an activating group) is 1. The van der Waals surface area contributed by atoms with Gasteiger partial charge >= 0.3 is 17.9 Å². The number of carbonyl (C=O) groups excluding carboxylic acids is 2. The van der Waals surface area contributed by atoms with Crippen molar-refractivity contribution in [3.8, 4) is 0 Å². The Morgan fingerprint density at radius 3 is 1.42 bits per heavy atom. The van der Waals surface area contributed by atoms with Crippen LogP contribution in [0.2, 0.25) is 0 Å². The van der Waals surface area contributed by atoms with E-state index in [-0.39, 0.29) is 36.2 Å². The fourth-order valence-electron chi connectivity index (χ4n) is 6.56. The van der Waals surface area contributed by atoms with Gasteiger partial charge in [0.15, 0.2) is 12.1 Å². The zero-order chi connectivity index (χ0) is 43.5. The number of hydrogen-bond acceptors (Lipinski definition) is 6. The first kappa shape index (κ1) is 55.8. The Morgan fingerprint density at radius 1 is 0.525 bits per heavy atom. The van der Waals surface area contributed by atoms with Gasteiger partial charge in [-0.15, -0.1) is 0 Å². The van der Waals surface area contributed by atoms with Crippen LogP contribution < -0.4 is 0 Å². The number of unbranched alkanes of at least 4 members (excludes halogenated alkanes) is 19. The molecule has 0 radical (unpaired) electrons. The van der Waals surface area contributed by atoms with Crippen LogP contribution in [0.3, 0.4) is 0 Å². The van der Waals surface area contributed by atoms with Crippen LogP contribution in [0.4, 0.5) is 0 Å². The first-order valence-corrected chi connectivity index (χ1v) is 23.5. The molecule has 0 spiro atoms. The Balaban J connectivity index is 4.32. The van der Waals surface area contributed by atoms with E-state index >= 15 is 0 Å². The number of nitrogens with zero attached hydrogens (tertiary/aromatic N) is 1. The maximum absolute atomic E-state index is 12.7. The highest BCUT2D eigenvalue weighted by atomic mass is 16.6. The van der Waals surface area contributed by atoms with Crippen molar-refractivity contribution in [1.29, 1.82) is 0 Å². The lowest BCUT2D eigenvalue weighted by Crippen LogP contribution is -2.50. The molecule has 8 nitrogen and oxygen atoms in total. The third-order valence-corrected chi connectivity index (χ3v) is 10.2. The van der Waals surface area contributed by atoms with Crippen molar-refractivity contribution in [2.24, 2.45) is 0 Å². The van der Waals surface area contributed by atoms with Crippen molar-refractivity contribution in [2.45, 2.75) is 193 Å². The normalized spacial score (nSPS) is 13.6. The molecule has 0 saturated carbocycles. The van der Waals surface area contributed by atoms with Crippen molar-refractivity contribution in [3.05, 3.63) is 72.9 Å². The van der Waals surface area contributed by atoms with Gasteiger partial charge in [0.05, 0.1) is 34.4 Å². The number of esters is 2. The first-order valence-electron chi connectivity index (χ1n) is 23.5. The summed E-state index contributed by atoms with van der Waals surface area (Å²) in [4.78, 5) is 37.0. The highest BCUT2D eigenvalue weighted by Gasteiger charge is 2.31. The van der Waals surface area contributed by atoms with Crippen molar-refractivity contribution in [3.63, 3.8) is 0 Å². The van der Waals surface area contributed by atoms with Crippen molar-refractivity contribution in [2.75, 3.05) is 41.0 Å². The number of ether oxygens (including phenoxy) is 3. The molecule has 1 N–H and O–H groups in total. The van der Waals surface area contributed by atoms with Gasteiger partial charge in [0, 0.05) is 19.3 Å². The Kier molecular flexibility index (Phi) is 39.2.